The van der Waals surface area contributed by atoms with Crippen molar-refractivity contribution in [3.05, 3.63) is 0 Å². The van der Waals surface area contributed by atoms with Gasteiger partial charge in [-0.1, -0.05) is 0 Å². The number of rotatable bonds is 3. The van der Waals surface area contributed by atoms with Crippen molar-refractivity contribution in [1.29, 1.82) is 0 Å². The van der Waals surface area contributed by atoms with E-state index in [1.807, 2.05) is 0 Å². The second-order valence-electron chi connectivity index (χ2n) is 4.23. The van der Waals surface area contributed by atoms with E-state index in [-0.39, 0.29) is 0 Å². The van der Waals surface area contributed by atoms with Crippen molar-refractivity contribution < 1.29 is 4.74 Å². The zero-order chi connectivity index (χ0) is 9.84. The number of ether oxygens (including phenoxy) is 1. The Kier molecular flexibility index (Phi) is 4.16. The molecule has 0 aromatic carbocycles. The molecule has 1 rings (SSSR count). The van der Waals surface area contributed by atoms with E-state index in [9.17, 15) is 0 Å². The third kappa shape index (κ3) is 3.25. The van der Waals surface area contributed by atoms with E-state index in [4.69, 9.17) is 4.74 Å². The molecular formula is C10H22N2O. The summed E-state index contributed by atoms with van der Waals surface area (Å²) in [5.74, 6) is 0. The summed E-state index contributed by atoms with van der Waals surface area (Å²) >= 11 is 0. The van der Waals surface area contributed by atoms with Crippen molar-refractivity contribution in [3.8, 4) is 0 Å². The van der Waals surface area contributed by atoms with Gasteiger partial charge in [0.1, 0.15) is 0 Å². The molecule has 0 aliphatic carbocycles. The van der Waals surface area contributed by atoms with E-state index in [0.29, 0.717) is 18.1 Å². The first-order chi connectivity index (χ1) is 6.13. The minimum absolute atomic E-state index is 0.539. The summed E-state index contributed by atoms with van der Waals surface area (Å²) in [5, 5.41) is 3.52. The molecule has 0 aromatic heterocycles. The Morgan fingerprint density at radius 1 is 1.38 bits per heavy atom. The average molecular weight is 186 g/mol. The zero-order valence-corrected chi connectivity index (χ0v) is 9.21. The van der Waals surface area contributed by atoms with E-state index < -0.39 is 0 Å². The largest absolute Gasteiger partial charge is 0.383 e. The molecule has 3 heteroatoms. The molecule has 1 fully saturated rings. The second kappa shape index (κ2) is 4.94. The van der Waals surface area contributed by atoms with Gasteiger partial charge in [-0.25, -0.2) is 0 Å². The van der Waals surface area contributed by atoms with Gasteiger partial charge in [0.05, 0.1) is 6.61 Å². The molecule has 1 aliphatic heterocycles. The van der Waals surface area contributed by atoms with Crippen molar-refractivity contribution in [3.63, 3.8) is 0 Å². The number of nitrogens with one attached hydrogen (secondary N) is 1. The van der Waals surface area contributed by atoms with E-state index in [0.717, 1.165) is 19.7 Å². The number of methoxy groups -OCH3 is 1. The van der Waals surface area contributed by atoms with Crippen LogP contribution < -0.4 is 5.32 Å². The number of piperazine rings is 1. The highest BCUT2D eigenvalue weighted by Gasteiger charge is 2.24. The second-order valence-corrected chi connectivity index (χ2v) is 4.23. The van der Waals surface area contributed by atoms with Gasteiger partial charge in [-0.3, -0.25) is 4.90 Å². The number of nitrogens with zero attached hydrogens (tertiary/aromatic N) is 1. The fourth-order valence-electron chi connectivity index (χ4n) is 2.08. The lowest BCUT2D eigenvalue weighted by atomic mass is 10.1. The minimum atomic E-state index is 0.539. The Bertz CT molecular complexity index is 142. The van der Waals surface area contributed by atoms with Crippen LogP contribution in [0.15, 0.2) is 0 Å². The first kappa shape index (κ1) is 11.0. The van der Waals surface area contributed by atoms with Gasteiger partial charge in [0.2, 0.25) is 0 Å². The minimum Gasteiger partial charge on any atom is -0.383 e. The van der Waals surface area contributed by atoms with E-state index in [1.165, 1.54) is 0 Å². The van der Waals surface area contributed by atoms with E-state index in [2.05, 4.69) is 31.0 Å². The Hall–Kier alpha value is -0.120. The maximum atomic E-state index is 5.17. The van der Waals surface area contributed by atoms with Gasteiger partial charge in [-0.2, -0.15) is 0 Å². The highest BCUT2D eigenvalue weighted by Crippen LogP contribution is 2.08. The van der Waals surface area contributed by atoms with Crippen molar-refractivity contribution in [2.24, 2.45) is 0 Å². The maximum absolute atomic E-state index is 5.17. The molecule has 1 N–H and O–H groups in total. The predicted molar refractivity (Wildman–Crippen MR) is 55.0 cm³/mol. The fourth-order valence-corrected chi connectivity index (χ4v) is 2.08. The SMILES string of the molecule is COCC(C)N1CC(C)NC(C)C1. The number of hydrogen-bond acceptors (Lipinski definition) is 3. The van der Waals surface area contributed by atoms with Crippen molar-refractivity contribution in [2.45, 2.75) is 38.9 Å². The van der Waals surface area contributed by atoms with Crippen LogP contribution >= 0.6 is 0 Å². The predicted octanol–water partition coefficient (Wildman–Crippen LogP) is 0.704. The average Bonchev–Trinajstić information content (AvgIpc) is 2.03. The summed E-state index contributed by atoms with van der Waals surface area (Å²) in [6.45, 7) is 9.81. The quantitative estimate of drug-likeness (QED) is 0.702. The first-order valence-corrected chi connectivity index (χ1v) is 5.12. The molecular weight excluding hydrogens is 164 g/mol. The molecule has 0 spiro atoms. The van der Waals surface area contributed by atoms with Crippen LogP contribution in [-0.2, 0) is 4.74 Å². The molecule has 3 unspecified atom stereocenters. The van der Waals surface area contributed by atoms with Gasteiger partial charge in [0, 0.05) is 38.3 Å². The number of hydrogen-bond donors (Lipinski definition) is 1. The Morgan fingerprint density at radius 3 is 2.38 bits per heavy atom. The highest BCUT2D eigenvalue weighted by molar-refractivity contribution is 4.83. The standard InChI is InChI=1S/C10H22N2O/c1-8-5-12(6-9(2)11-8)10(3)7-13-4/h8-11H,5-7H2,1-4H3. The van der Waals surface area contributed by atoms with Gasteiger partial charge < -0.3 is 10.1 Å². The van der Waals surface area contributed by atoms with Crippen LogP contribution in [-0.4, -0.2) is 49.8 Å². The summed E-state index contributed by atoms with van der Waals surface area (Å²) in [6.07, 6.45) is 0. The highest BCUT2D eigenvalue weighted by atomic mass is 16.5. The van der Waals surface area contributed by atoms with Crippen molar-refractivity contribution in [2.75, 3.05) is 26.8 Å². The molecule has 0 bridgehead atoms. The van der Waals surface area contributed by atoms with Crippen LogP contribution in [0, 0.1) is 0 Å². The van der Waals surface area contributed by atoms with Crippen LogP contribution in [0.1, 0.15) is 20.8 Å². The Morgan fingerprint density at radius 2 is 1.92 bits per heavy atom. The molecule has 1 heterocycles. The monoisotopic (exact) mass is 186 g/mol. The smallest absolute Gasteiger partial charge is 0.0615 e. The van der Waals surface area contributed by atoms with Gasteiger partial charge in [0.15, 0.2) is 0 Å². The first-order valence-electron chi connectivity index (χ1n) is 5.12. The van der Waals surface area contributed by atoms with E-state index >= 15 is 0 Å². The van der Waals surface area contributed by atoms with Crippen LogP contribution in [0.3, 0.4) is 0 Å². The van der Waals surface area contributed by atoms with Gasteiger partial charge >= 0.3 is 0 Å². The summed E-state index contributed by atoms with van der Waals surface area (Å²) in [4.78, 5) is 2.50. The molecule has 1 aliphatic rings. The van der Waals surface area contributed by atoms with Crippen LogP contribution in [0.2, 0.25) is 0 Å². The zero-order valence-electron chi connectivity index (χ0n) is 9.21. The topological polar surface area (TPSA) is 24.5 Å². The molecule has 3 atom stereocenters. The normalized spacial score (nSPS) is 33.2. The van der Waals surface area contributed by atoms with Crippen molar-refractivity contribution in [1.82, 2.24) is 10.2 Å². The van der Waals surface area contributed by atoms with Gasteiger partial charge in [-0.15, -0.1) is 0 Å². The fraction of sp³-hybridized carbons (Fsp3) is 1.00. The van der Waals surface area contributed by atoms with Crippen LogP contribution in [0.4, 0.5) is 0 Å². The van der Waals surface area contributed by atoms with Crippen LogP contribution in [0.5, 0.6) is 0 Å². The molecule has 0 amide bonds. The molecule has 78 valence electrons. The van der Waals surface area contributed by atoms with Crippen molar-refractivity contribution >= 4 is 0 Å². The molecule has 0 aromatic rings. The summed E-state index contributed by atoms with van der Waals surface area (Å²) < 4.78 is 5.17. The lowest BCUT2D eigenvalue weighted by molar-refractivity contribution is 0.0686. The Balaban J connectivity index is 2.40. The lowest BCUT2D eigenvalue weighted by Crippen LogP contribution is -2.57. The Labute approximate surface area is 81.4 Å². The molecule has 0 radical (unpaired) electrons. The molecule has 13 heavy (non-hydrogen) atoms. The third-order valence-corrected chi connectivity index (χ3v) is 2.62. The summed E-state index contributed by atoms with van der Waals surface area (Å²) in [7, 11) is 1.77. The summed E-state index contributed by atoms with van der Waals surface area (Å²) in [5.41, 5.74) is 0. The third-order valence-electron chi connectivity index (χ3n) is 2.62. The lowest BCUT2D eigenvalue weighted by Gasteiger charge is -2.39. The summed E-state index contributed by atoms with van der Waals surface area (Å²) in [6, 6.07) is 1.74. The van der Waals surface area contributed by atoms with Gasteiger partial charge in [-0.05, 0) is 20.8 Å². The van der Waals surface area contributed by atoms with Gasteiger partial charge in [0.25, 0.3) is 0 Å². The molecule has 1 saturated heterocycles. The molecule has 0 saturated carbocycles. The van der Waals surface area contributed by atoms with Crippen LogP contribution in [0.25, 0.3) is 0 Å². The molecule has 3 nitrogen and oxygen atoms in total. The van der Waals surface area contributed by atoms with E-state index in [1.54, 1.807) is 7.11 Å². The maximum Gasteiger partial charge on any atom is 0.0615 e.